The highest BCUT2D eigenvalue weighted by molar-refractivity contribution is 7.07. The highest BCUT2D eigenvalue weighted by atomic mass is 32.1. The second-order valence-corrected chi connectivity index (χ2v) is 6.24. The zero-order valence-electron chi connectivity index (χ0n) is 10.9. The average molecular weight is 267 g/mol. The van der Waals surface area contributed by atoms with Crippen LogP contribution in [0.25, 0.3) is 0 Å². The highest BCUT2D eigenvalue weighted by Gasteiger charge is 2.42. The SMILES string of the molecule is CO[C@H]1COC2(CCN(Cc3ccsc3)CC2)C1. The van der Waals surface area contributed by atoms with Crippen molar-refractivity contribution in [1.29, 1.82) is 0 Å². The fraction of sp³-hybridized carbons (Fsp3) is 0.714. The Hall–Kier alpha value is -0.420. The molecule has 0 saturated carbocycles. The summed E-state index contributed by atoms with van der Waals surface area (Å²) in [6, 6.07) is 2.22. The normalized spacial score (nSPS) is 27.9. The summed E-state index contributed by atoms with van der Waals surface area (Å²) in [5.74, 6) is 0. The monoisotopic (exact) mass is 267 g/mol. The predicted molar refractivity (Wildman–Crippen MR) is 72.9 cm³/mol. The van der Waals surface area contributed by atoms with Crippen molar-refractivity contribution < 1.29 is 9.47 Å². The smallest absolute Gasteiger partial charge is 0.0832 e. The number of thiophene rings is 1. The molecule has 1 aromatic rings. The van der Waals surface area contributed by atoms with E-state index in [9.17, 15) is 0 Å². The molecular weight excluding hydrogens is 246 g/mol. The molecule has 4 heteroatoms. The van der Waals surface area contributed by atoms with Crippen LogP contribution in [0.4, 0.5) is 0 Å². The molecule has 0 radical (unpaired) electrons. The lowest BCUT2D eigenvalue weighted by molar-refractivity contribution is -0.0460. The first-order valence-electron chi connectivity index (χ1n) is 6.70. The first kappa shape index (κ1) is 12.6. The van der Waals surface area contributed by atoms with Gasteiger partial charge in [0.15, 0.2) is 0 Å². The van der Waals surface area contributed by atoms with Crippen molar-refractivity contribution in [3.63, 3.8) is 0 Å². The molecule has 2 aliphatic rings. The molecule has 3 nitrogen and oxygen atoms in total. The molecule has 0 unspecified atom stereocenters. The second kappa shape index (κ2) is 5.29. The van der Waals surface area contributed by atoms with Crippen LogP contribution < -0.4 is 0 Å². The summed E-state index contributed by atoms with van der Waals surface area (Å²) in [5.41, 5.74) is 1.56. The summed E-state index contributed by atoms with van der Waals surface area (Å²) in [5, 5.41) is 4.40. The highest BCUT2D eigenvalue weighted by Crippen LogP contribution is 2.37. The minimum atomic E-state index is 0.117. The lowest BCUT2D eigenvalue weighted by Crippen LogP contribution is -2.43. The van der Waals surface area contributed by atoms with Crippen LogP contribution in [0.1, 0.15) is 24.8 Å². The van der Waals surface area contributed by atoms with E-state index in [1.54, 1.807) is 18.4 Å². The number of rotatable bonds is 3. The van der Waals surface area contributed by atoms with E-state index in [4.69, 9.17) is 9.47 Å². The minimum absolute atomic E-state index is 0.117. The molecule has 0 bridgehead atoms. The van der Waals surface area contributed by atoms with Crippen LogP contribution in [0, 0.1) is 0 Å². The van der Waals surface area contributed by atoms with E-state index < -0.39 is 0 Å². The molecule has 3 heterocycles. The maximum Gasteiger partial charge on any atom is 0.0832 e. The number of piperidine rings is 1. The van der Waals surface area contributed by atoms with Crippen LogP contribution in [0.3, 0.4) is 0 Å². The molecule has 1 atom stereocenters. The van der Waals surface area contributed by atoms with Crippen LogP contribution in [-0.4, -0.2) is 43.4 Å². The molecule has 1 spiro atoms. The summed E-state index contributed by atoms with van der Waals surface area (Å²) in [4.78, 5) is 2.54. The molecule has 2 fully saturated rings. The molecule has 0 N–H and O–H groups in total. The van der Waals surface area contributed by atoms with Gasteiger partial charge in [0.05, 0.1) is 18.3 Å². The fourth-order valence-corrected chi connectivity index (χ4v) is 3.72. The molecular formula is C14H21NO2S. The van der Waals surface area contributed by atoms with Gasteiger partial charge in [0, 0.05) is 33.2 Å². The van der Waals surface area contributed by atoms with E-state index >= 15 is 0 Å². The van der Waals surface area contributed by atoms with Gasteiger partial charge in [-0.15, -0.1) is 0 Å². The Kier molecular flexibility index (Phi) is 3.71. The van der Waals surface area contributed by atoms with E-state index in [0.29, 0.717) is 6.10 Å². The van der Waals surface area contributed by atoms with E-state index in [0.717, 1.165) is 45.5 Å². The summed E-state index contributed by atoms with van der Waals surface area (Å²) in [6.07, 6.45) is 3.69. The lowest BCUT2D eigenvalue weighted by Gasteiger charge is -2.38. The van der Waals surface area contributed by atoms with Crippen molar-refractivity contribution in [2.45, 2.75) is 37.5 Å². The number of nitrogens with zero attached hydrogens (tertiary/aromatic N) is 1. The van der Waals surface area contributed by atoms with Gasteiger partial charge < -0.3 is 9.47 Å². The van der Waals surface area contributed by atoms with Crippen molar-refractivity contribution in [2.24, 2.45) is 0 Å². The van der Waals surface area contributed by atoms with E-state index in [1.807, 2.05) is 0 Å². The van der Waals surface area contributed by atoms with Gasteiger partial charge in [-0.05, 0) is 35.2 Å². The molecule has 0 aliphatic carbocycles. The van der Waals surface area contributed by atoms with Gasteiger partial charge in [-0.1, -0.05) is 0 Å². The zero-order valence-corrected chi connectivity index (χ0v) is 11.7. The van der Waals surface area contributed by atoms with Crippen LogP contribution in [0.2, 0.25) is 0 Å². The van der Waals surface area contributed by atoms with Crippen LogP contribution in [0.5, 0.6) is 0 Å². The average Bonchev–Trinajstić information content (AvgIpc) is 3.03. The Morgan fingerprint density at radius 3 is 2.94 bits per heavy atom. The Morgan fingerprint density at radius 2 is 2.33 bits per heavy atom. The van der Waals surface area contributed by atoms with E-state index in [1.165, 1.54) is 5.56 Å². The van der Waals surface area contributed by atoms with Gasteiger partial charge >= 0.3 is 0 Å². The van der Waals surface area contributed by atoms with E-state index in [2.05, 4.69) is 21.7 Å². The summed E-state index contributed by atoms with van der Waals surface area (Å²) >= 11 is 1.78. The largest absolute Gasteiger partial charge is 0.379 e. The fourth-order valence-electron chi connectivity index (χ4n) is 3.06. The lowest BCUT2D eigenvalue weighted by atomic mass is 9.88. The molecule has 2 aliphatic heterocycles. The summed E-state index contributed by atoms with van der Waals surface area (Å²) in [6.45, 7) is 4.16. The Balaban J connectivity index is 1.52. The van der Waals surface area contributed by atoms with Gasteiger partial charge in [-0.25, -0.2) is 0 Å². The molecule has 0 aromatic carbocycles. The Morgan fingerprint density at radius 1 is 1.50 bits per heavy atom. The van der Waals surface area contributed by atoms with Crippen molar-refractivity contribution in [1.82, 2.24) is 4.90 Å². The number of methoxy groups -OCH3 is 1. The molecule has 0 amide bonds. The molecule has 1 aromatic heterocycles. The van der Waals surface area contributed by atoms with Gasteiger partial charge in [0.25, 0.3) is 0 Å². The van der Waals surface area contributed by atoms with Crippen molar-refractivity contribution in [3.8, 4) is 0 Å². The first-order valence-corrected chi connectivity index (χ1v) is 7.64. The van der Waals surface area contributed by atoms with Crippen LogP contribution >= 0.6 is 11.3 Å². The molecule has 3 rings (SSSR count). The standard InChI is InChI=1S/C14H21NO2S/c1-16-13-8-14(17-10-13)3-5-15(6-4-14)9-12-2-7-18-11-12/h2,7,11,13H,3-6,8-10H2,1H3/t13-/m1/s1. The van der Waals surface area contributed by atoms with E-state index in [-0.39, 0.29) is 5.60 Å². The zero-order chi connectivity index (χ0) is 12.4. The topological polar surface area (TPSA) is 21.7 Å². The quantitative estimate of drug-likeness (QED) is 0.840. The number of likely N-dealkylation sites (tertiary alicyclic amines) is 1. The minimum Gasteiger partial charge on any atom is -0.379 e. The Bertz CT molecular complexity index is 371. The molecule has 2 saturated heterocycles. The third-order valence-electron chi connectivity index (χ3n) is 4.26. The number of ether oxygens (including phenoxy) is 2. The number of hydrogen-bond donors (Lipinski definition) is 0. The van der Waals surface area contributed by atoms with Crippen LogP contribution in [-0.2, 0) is 16.0 Å². The second-order valence-electron chi connectivity index (χ2n) is 5.46. The summed E-state index contributed by atoms with van der Waals surface area (Å²) < 4.78 is 11.4. The van der Waals surface area contributed by atoms with Gasteiger partial charge in [-0.3, -0.25) is 4.90 Å². The number of hydrogen-bond acceptors (Lipinski definition) is 4. The van der Waals surface area contributed by atoms with Crippen LogP contribution in [0.15, 0.2) is 16.8 Å². The first-order chi connectivity index (χ1) is 8.80. The van der Waals surface area contributed by atoms with Gasteiger partial charge in [0.2, 0.25) is 0 Å². The molecule has 18 heavy (non-hydrogen) atoms. The predicted octanol–water partition coefficient (Wildman–Crippen LogP) is 2.52. The van der Waals surface area contributed by atoms with Gasteiger partial charge in [0.1, 0.15) is 0 Å². The van der Waals surface area contributed by atoms with Crippen molar-refractivity contribution >= 4 is 11.3 Å². The molecule has 100 valence electrons. The third kappa shape index (κ3) is 2.62. The third-order valence-corrected chi connectivity index (χ3v) is 4.99. The van der Waals surface area contributed by atoms with Gasteiger partial charge in [-0.2, -0.15) is 11.3 Å². The summed E-state index contributed by atoms with van der Waals surface area (Å²) in [7, 11) is 1.79. The maximum absolute atomic E-state index is 6.02. The Labute approximate surface area is 113 Å². The maximum atomic E-state index is 6.02. The van der Waals surface area contributed by atoms with Crippen molar-refractivity contribution in [3.05, 3.63) is 22.4 Å². The van der Waals surface area contributed by atoms with Crippen molar-refractivity contribution in [2.75, 3.05) is 26.8 Å².